The zero-order valence-electron chi connectivity index (χ0n) is 16.7. The maximum absolute atomic E-state index is 10.8. The van der Waals surface area contributed by atoms with Crippen LogP contribution in [0.4, 0.5) is 5.69 Å². The van der Waals surface area contributed by atoms with Gasteiger partial charge in [-0.1, -0.05) is 6.07 Å². The zero-order valence-corrected chi connectivity index (χ0v) is 16.7. The normalized spacial score (nSPS) is 21.6. The van der Waals surface area contributed by atoms with Crippen LogP contribution in [0.1, 0.15) is 24.0 Å². The molecule has 0 saturated carbocycles. The highest BCUT2D eigenvalue weighted by Crippen LogP contribution is 2.37. The minimum absolute atomic E-state index is 0.0779. The number of rotatable bonds is 7. The topological polar surface area (TPSA) is 76.9 Å². The summed E-state index contributed by atoms with van der Waals surface area (Å²) in [5.41, 5.74) is 2.61. The number of non-ortho nitro benzene ring substituents is 1. The van der Waals surface area contributed by atoms with Crippen molar-refractivity contribution in [2.45, 2.75) is 26.0 Å². The molecule has 7 heteroatoms. The third-order valence-electron chi connectivity index (χ3n) is 6.03. The van der Waals surface area contributed by atoms with Crippen molar-refractivity contribution in [3.8, 4) is 11.5 Å². The molecule has 0 aromatic heterocycles. The van der Waals surface area contributed by atoms with Crippen LogP contribution < -0.4 is 14.8 Å². The maximum atomic E-state index is 10.8. The van der Waals surface area contributed by atoms with Crippen molar-refractivity contribution in [3.63, 3.8) is 0 Å². The summed E-state index contributed by atoms with van der Waals surface area (Å²) < 4.78 is 11.4. The number of likely N-dealkylation sites (tertiary alicyclic amines) is 1. The SMILES string of the molecule is COc1ccc(CN2CCC3(CCNC3)C2)cc1OCc1ccc([N+](=O)[O-])cc1. The summed E-state index contributed by atoms with van der Waals surface area (Å²) in [5, 5.41) is 14.3. The van der Waals surface area contributed by atoms with Crippen molar-refractivity contribution in [2.24, 2.45) is 5.41 Å². The Labute approximate surface area is 170 Å². The van der Waals surface area contributed by atoms with E-state index in [0.717, 1.165) is 38.3 Å². The van der Waals surface area contributed by atoms with Crippen LogP contribution in [-0.2, 0) is 13.2 Å². The molecule has 4 rings (SSSR count). The summed E-state index contributed by atoms with van der Waals surface area (Å²) >= 11 is 0. The molecule has 2 heterocycles. The van der Waals surface area contributed by atoms with Crippen LogP contribution in [0.5, 0.6) is 11.5 Å². The van der Waals surface area contributed by atoms with E-state index in [1.807, 2.05) is 12.1 Å². The second kappa shape index (κ2) is 8.39. The van der Waals surface area contributed by atoms with Gasteiger partial charge in [-0.05, 0) is 66.7 Å². The van der Waals surface area contributed by atoms with Crippen molar-refractivity contribution in [1.29, 1.82) is 0 Å². The summed E-state index contributed by atoms with van der Waals surface area (Å²) in [7, 11) is 1.63. The molecule has 2 fully saturated rings. The highest BCUT2D eigenvalue weighted by Gasteiger charge is 2.40. The van der Waals surface area contributed by atoms with E-state index >= 15 is 0 Å². The van der Waals surface area contributed by atoms with Gasteiger partial charge in [0.05, 0.1) is 12.0 Å². The Balaban J connectivity index is 1.40. The number of nitro benzene ring substituents is 1. The van der Waals surface area contributed by atoms with Crippen LogP contribution in [0.25, 0.3) is 0 Å². The predicted molar refractivity (Wildman–Crippen MR) is 110 cm³/mol. The lowest BCUT2D eigenvalue weighted by Crippen LogP contribution is -2.28. The first-order valence-electron chi connectivity index (χ1n) is 10.0. The van der Waals surface area contributed by atoms with E-state index in [1.165, 1.54) is 30.5 Å². The molecule has 0 bridgehead atoms. The Morgan fingerprint density at radius 3 is 2.62 bits per heavy atom. The van der Waals surface area contributed by atoms with Gasteiger partial charge < -0.3 is 14.8 Å². The Hall–Kier alpha value is -2.64. The number of nitrogens with zero attached hydrogens (tertiary/aromatic N) is 2. The molecule has 1 unspecified atom stereocenters. The second-order valence-electron chi connectivity index (χ2n) is 8.08. The number of nitrogens with one attached hydrogen (secondary N) is 1. The van der Waals surface area contributed by atoms with Gasteiger partial charge in [0, 0.05) is 31.8 Å². The van der Waals surface area contributed by atoms with Gasteiger partial charge in [-0.25, -0.2) is 0 Å². The fourth-order valence-electron chi connectivity index (χ4n) is 4.37. The van der Waals surface area contributed by atoms with Crippen LogP contribution in [0.15, 0.2) is 42.5 Å². The lowest BCUT2D eigenvalue weighted by Gasteiger charge is -2.23. The van der Waals surface area contributed by atoms with Crippen molar-refractivity contribution < 1.29 is 14.4 Å². The number of hydrogen-bond acceptors (Lipinski definition) is 6. The van der Waals surface area contributed by atoms with E-state index < -0.39 is 4.92 Å². The van der Waals surface area contributed by atoms with E-state index in [9.17, 15) is 10.1 Å². The first kappa shape index (κ1) is 19.7. The number of ether oxygens (including phenoxy) is 2. The molecule has 154 valence electrons. The molecule has 1 spiro atoms. The average molecular weight is 397 g/mol. The highest BCUT2D eigenvalue weighted by atomic mass is 16.6. The average Bonchev–Trinajstić information content (AvgIpc) is 3.36. The minimum Gasteiger partial charge on any atom is -0.493 e. The first-order chi connectivity index (χ1) is 14.1. The van der Waals surface area contributed by atoms with E-state index in [4.69, 9.17) is 9.47 Å². The molecule has 2 aromatic carbocycles. The number of benzene rings is 2. The van der Waals surface area contributed by atoms with E-state index in [2.05, 4.69) is 16.3 Å². The van der Waals surface area contributed by atoms with Gasteiger partial charge in [0.2, 0.25) is 0 Å². The smallest absolute Gasteiger partial charge is 0.269 e. The minimum atomic E-state index is -0.402. The first-order valence-corrected chi connectivity index (χ1v) is 10.0. The second-order valence-corrected chi connectivity index (χ2v) is 8.08. The summed E-state index contributed by atoms with van der Waals surface area (Å²) in [4.78, 5) is 12.9. The lowest BCUT2D eigenvalue weighted by molar-refractivity contribution is -0.384. The Morgan fingerprint density at radius 2 is 1.93 bits per heavy atom. The largest absolute Gasteiger partial charge is 0.493 e. The molecular formula is C22H27N3O4. The van der Waals surface area contributed by atoms with Crippen LogP contribution >= 0.6 is 0 Å². The number of hydrogen-bond donors (Lipinski definition) is 1. The highest BCUT2D eigenvalue weighted by molar-refractivity contribution is 5.43. The van der Waals surface area contributed by atoms with Crippen molar-refractivity contribution in [2.75, 3.05) is 33.3 Å². The van der Waals surface area contributed by atoms with Crippen molar-refractivity contribution in [1.82, 2.24) is 10.2 Å². The van der Waals surface area contributed by atoms with Crippen LogP contribution in [0.3, 0.4) is 0 Å². The van der Waals surface area contributed by atoms with E-state index in [1.54, 1.807) is 19.2 Å². The third-order valence-corrected chi connectivity index (χ3v) is 6.03. The molecule has 2 saturated heterocycles. The van der Waals surface area contributed by atoms with Gasteiger partial charge in [-0.15, -0.1) is 0 Å². The molecule has 0 amide bonds. The van der Waals surface area contributed by atoms with Gasteiger partial charge in [0.1, 0.15) is 6.61 Å². The quantitative estimate of drug-likeness (QED) is 0.570. The molecule has 2 aromatic rings. The predicted octanol–water partition coefficient (Wildman–Crippen LogP) is 3.37. The van der Waals surface area contributed by atoms with Crippen molar-refractivity contribution >= 4 is 5.69 Å². The van der Waals surface area contributed by atoms with Gasteiger partial charge in [-0.2, -0.15) is 0 Å². The molecule has 0 aliphatic carbocycles. The zero-order chi connectivity index (χ0) is 20.3. The summed E-state index contributed by atoms with van der Waals surface area (Å²) in [6, 6.07) is 12.5. The van der Waals surface area contributed by atoms with Crippen LogP contribution in [0, 0.1) is 15.5 Å². The van der Waals surface area contributed by atoms with Crippen LogP contribution in [-0.4, -0.2) is 43.1 Å². The fourth-order valence-corrected chi connectivity index (χ4v) is 4.37. The van der Waals surface area contributed by atoms with Gasteiger partial charge in [0.15, 0.2) is 11.5 Å². The standard InChI is InChI=1S/C22H27N3O4/c1-28-20-7-4-18(13-24-11-9-22(16-24)8-10-23-15-22)12-21(20)29-14-17-2-5-19(6-3-17)25(26)27/h2-7,12,23H,8-11,13-16H2,1H3. The van der Waals surface area contributed by atoms with Gasteiger partial charge in [-0.3, -0.25) is 15.0 Å². The molecular weight excluding hydrogens is 370 g/mol. The molecule has 1 atom stereocenters. The maximum Gasteiger partial charge on any atom is 0.269 e. The fraction of sp³-hybridized carbons (Fsp3) is 0.455. The molecule has 7 nitrogen and oxygen atoms in total. The van der Waals surface area contributed by atoms with E-state index in [0.29, 0.717) is 23.5 Å². The van der Waals surface area contributed by atoms with E-state index in [-0.39, 0.29) is 5.69 Å². The summed E-state index contributed by atoms with van der Waals surface area (Å²) in [5.74, 6) is 1.38. The summed E-state index contributed by atoms with van der Waals surface area (Å²) in [6.07, 6.45) is 2.54. The van der Waals surface area contributed by atoms with Crippen molar-refractivity contribution in [3.05, 3.63) is 63.7 Å². The van der Waals surface area contributed by atoms with Gasteiger partial charge in [0.25, 0.3) is 5.69 Å². The monoisotopic (exact) mass is 397 g/mol. The molecule has 29 heavy (non-hydrogen) atoms. The number of methoxy groups -OCH3 is 1. The molecule has 0 radical (unpaired) electrons. The van der Waals surface area contributed by atoms with Gasteiger partial charge >= 0.3 is 0 Å². The molecule has 1 N–H and O–H groups in total. The Bertz CT molecular complexity index is 863. The molecule has 2 aliphatic rings. The summed E-state index contributed by atoms with van der Waals surface area (Å²) in [6.45, 7) is 5.78. The third kappa shape index (κ3) is 4.52. The Morgan fingerprint density at radius 1 is 1.14 bits per heavy atom. The number of nitro groups is 1. The Kier molecular flexibility index (Phi) is 5.69. The van der Waals surface area contributed by atoms with Crippen LogP contribution in [0.2, 0.25) is 0 Å². The molecule has 2 aliphatic heterocycles. The lowest BCUT2D eigenvalue weighted by atomic mass is 9.86.